The zero-order valence-corrected chi connectivity index (χ0v) is 17.8. The number of ether oxygens (including phenoxy) is 2. The van der Waals surface area contributed by atoms with Gasteiger partial charge in [0.1, 0.15) is 11.4 Å². The number of benzene rings is 2. The molecule has 1 aliphatic rings. The maximum absolute atomic E-state index is 12.6. The number of anilines is 1. The second-order valence-corrected chi connectivity index (χ2v) is 9.31. The zero-order valence-electron chi connectivity index (χ0n) is 17.0. The number of sulfonamides is 1. The molecule has 3 rings (SSSR count). The summed E-state index contributed by atoms with van der Waals surface area (Å²) < 4.78 is 37.4. The second-order valence-electron chi connectivity index (χ2n) is 7.54. The van der Waals surface area contributed by atoms with Gasteiger partial charge in [0.25, 0.3) is 5.91 Å². The average molecular weight is 432 g/mol. The number of carbonyl (C=O) groups excluding carboxylic acids is 2. The molecule has 0 fully saturated rings. The summed E-state index contributed by atoms with van der Waals surface area (Å²) in [7, 11) is -2.17. The second kappa shape index (κ2) is 8.55. The van der Waals surface area contributed by atoms with Crippen molar-refractivity contribution in [3.05, 3.63) is 53.6 Å². The highest BCUT2D eigenvalue weighted by atomic mass is 32.2. The molecule has 0 spiro atoms. The van der Waals surface area contributed by atoms with Crippen LogP contribution in [0.15, 0.2) is 47.4 Å². The molecule has 9 heteroatoms. The van der Waals surface area contributed by atoms with Crippen LogP contribution in [0.1, 0.15) is 41.0 Å². The summed E-state index contributed by atoms with van der Waals surface area (Å²) in [4.78, 5) is 25.0. The number of nitrogens with one attached hydrogen (secondary N) is 2. The highest BCUT2D eigenvalue weighted by Crippen LogP contribution is 2.33. The lowest BCUT2D eigenvalue weighted by Crippen LogP contribution is -2.36. The quantitative estimate of drug-likeness (QED) is 0.651. The van der Waals surface area contributed by atoms with E-state index in [0.29, 0.717) is 22.6 Å². The standard InChI is InChI=1S/C21H24N2O6S/c1-21(2)13-18(24)17-12-14(4-9-19(17)29-21)20(25)23-15-5-7-16(8-6-15)30(26,27)22-10-11-28-3/h4-9,12,22H,10-11,13H2,1-3H3,(H,23,25). The fourth-order valence-electron chi connectivity index (χ4n) is 3.08. The molecule has 0 aliphatic carbocycles. The SMILES string of the molecule is COCCNS(=O)(=O)c1ccc(NC(=O)c2ccc3c(c2)C(=O)CC(C)(C)O3)cc1. The first kappa shape index (κ1) is 21.9. The maximum Gasteiger partial charge on any atom is 0.255 e. The molecule has 2 aromatic rings. The van der Waals surface area contributed by atoms with Gasteiger partial charge in [0.05, 0.1) is 23.5 Å². The van der Waals surface area contributed by atoms with Crippen molar-refractivity contribution in [2.75, 3.05) is 25.6 Å². The smallest absolute Gasteiger partial charge is 0.255 e. The third-order valence-corrected chi connectivity index (χ3v) is 6.01. The van der Waals surface area contributed by atoms with Crippen LogP contribution in [0.5, 0.6) is 5.75 Å². The average Bonchev–Trinajstić information content (AvgIpc) is 2.67. The predicted octanol–water partition coefficient (Wildman–Crippen LogP) is 2.61. The minimum atomic E-state index is -3.65. The molecule has 0 unspecified atom stereocenters. The van der Waals surface area contributed by atoms with Crippen molar-refractivity contribution < 1.29 is 27.5 Å². The lowest BCUT2D eigenvalue weighted by atomic mass is 9.92. The minimum absolute atomic E-state index is 0.0774. The highest BCUT2D eigenvalue weighted by Gasteiger charge is 2.32. The van der Waals surface area contributed by atoms with Crippen LogP contribution in [0.2, 0.25) is 0 Å². The summed E-state index contributed by atoms with van der Waals surface area (Å²) in [6.45, 7) is 4.10. The first-order valence-corrected chi connectivity index (χ1v) is 10.9. The normalized spacial score (nSPS) is 15.2. The Morgan fingerprint density at radius 3 is 2.53 bits per heavy atom. The van der Waals surface area contributed by atoms with Crippen LogP contribution in [-0.2, 0) is 14.8 Å². The number of Topliss-reactive ketones (excluding diaryl/α,β-unsaturated/α-hetero) is 1. The van der Waals surface area contributed by atoms with Crippen molar-refractivity contribution in [3.63, 3.8) is 0 Å². The molecular weight excluding hydrogens is 408 g/mol. The summed E-state index contributed by atoms with van der Waals surface area (Å²) in [6, 6.07) is 10.5. The van der Waals surface area contributed by atoms with Gasteiger partial charge in [-0.25, -0.2) is 13.1 Å². The van der Waals surface area contributed by atoms with E-state index in [1.165, 1.54) is 37.4 Å². The van der Waals surface area contributed by atoms with E-state index in [2.05, 4.69) is 10.0 Å². The van der Waals surface area contributed by atoms with Crippen LogP contribution < -0.4 is 14.8 Å². The van der Waals surface area contributed by atoms with E-state index in [1.807, 2.05) is 13.8 Å². The number of amides is 1. The molecular formula is C21H24N2O6S. The Bertz CT molecular complexity index is 1060. The van der Waals surface area contributed by atoms with E-state index in [-0.39, 0.29) is 30.3 Å². The number of ketones is 1. The highest BCUT2D eigenvalue weighted by molar-refractivity contribution is 7.89. The van der Waals surface area contributed by atoms with Gasteiger partial charge in [0.2, 0.25) is 10.0 Å². The fraction of sp³-hybridized carbons (Fsp3) is 0.333. The van der Waals surface area contributed by atoms with Gasteiger partial charge in [-0.3, -0.25) is 9.59 Å². The van der Waals surface area contributed by atoms with Gasteiger partial charge in [0.15, 0.2) is 5.78 Å². The van der Waals surface area contributed by atoms with E-state index in [1.54, 1.807) is 12.1 Å². The molecule has 0 saturated carbocycles. The molecule has 160 valence electrons. The van der Waals surface area contributed by atoms with E-state index in [0.717, 1.165) is 0 Å². The third kappa shape index (κ3) is 5.05. The molecule has 1 amide bonds. The lowest BCUT2D eigenvalue weighted by molar-refractivity contribution is 0.0620. The number of hydrogen-bond acceptors (Lipinski definition) is 6. The molecule has 0 saturated heterocycles. The molecule has 8 nitrogen and oxygen atoms in total. The molecule has 30 heavy (non-hydrogen) atoms. The van der Waals surface area contributed by atoms with E-state index < -0.39 is 21.5 Å². The van der Waals surface area contributed by atoms with Crippen LogP contribution in [0.4, 0.5) is 5.69 Å². The van der Waals surface area contributed by atoms with Crippen molar-refractivity contribution in [2.24, 2.45) is 0 Å². The Kier molecular flexibility index (Phi) is 6.25. The maximum atomic E-state index is 12.6. The monoisotopic (exact) mass is 432 g/mol. The fourth-order valence-corrected chi connectivity index (χ4v) is 4.09. The number of hydrogen-bond donors (Lipinski definition) is 2. The van der Waals surface area contributed by atoms with Crippen molar-refractivity contribution in [2.45, 2.75) is 30.8 Å². The van der Waals surface area contributed by atoms with Crippen LogP contribution in [-0.4, -0.2) is 46.0 Å². The molecule has 0 atom stereocenters. The number of methoxy groups -OCH3 is 1. The van der Waals surface area contributed by atoms with Gasteiger partial charge < -0.3 is 14.8 Å². The van der Waals surface area contributed by atoms with Gasteiger partial charge in [-0.1, -0.05) is 0 Å². The van der Waals surface area contributed by atoms with Crippen LogP contribution in [0.25, 0.3) is 0 Å². The van der Waals surface area contributed by atoms with Gasteiger partial charge >= 0.3 is 0 Å². The van der Waals surface area contributed by atoms with E-state index in [9.17, 15) is 18.0 Å². The lowest BCUT2D eigenvalue weighted by Gasteiger charge is -2.31. The third-order valence-electron chi connectivity index (χ3n) is 4.54. The number of fused-ring (bicyclic) bond motifs is 1. The number of rotatable bonds is 7. The summed E-state index contributed by atoms with van der Waals surface area (Å²) in [6.07, 6.45) is 0.236. The van der Waals surface area contributed by atoms with Crippen molar-refractivity contribution in [1.82, 2.24) is 4.72 Å². The van der Waals surface area contributed by atoms with Crippen LogP contribution >= 0.6 is 0 Å². The molecule has 1 aliphatic heterocycles. The minimum Gasteiger partial charge on any atom is -0.487 e. The van der Waals surface area contributed by atoms with E-state index >= 15 is 0 Å². The predicted molar refractivity (Wildman–Crippen MR) is 112 cm³/mol. The molecule has 0 bridgehead atoms. The Balaban J connectivity index is 1.71. The van der Waals surface area contributed by atoms with Crippen LogP contribution in [0.3, 0.4) is 0 Å². The Hall–Kier alpha value is -2.75. The molecule has 0 aromatic heterocycles. The largest absolute Gasteiger partial charge is 0.487 e. The number of carbonyl (C=O) groups is 2. The Morgan fingerprint density at radius 1 is 1.17 bits per heavy atom. The van der Waals surface area contributed by atoms with Gasteiger partial charge in [-0.2, -0.15) is 0 Å². The first-order chi connectivity index (χ1) is 14.1. The van der Waals surface area contributed by atoms with Crippen molar-refractivity contribution in [1.29, 1.82) is 0 Å². The summed E-state index contributed by atoms with van der Waals surface area (Å²) in [5.41, 5.74) is 0.542. The summed E-state index contributed by atoms with van der Waals surface area (Å²) in [5.74, 6) is -0.0287. The first-order valence-electron chi connectivity index (χ1n) is 9.38. The van der Waals surface area contributed by atoms with Gasteiger partial charge in [-0.05, 0) is 56.3 Å². The van der Waals surface area contributed by atoms with Gasteiger partial charge in [-0.15, -0.1) is 0 Å². The molecule has 0 radical (unpaired) electrons. The molecule has 2 N–H and O–H groups in total. The Morgan fingerprint density at radius 2 is 1.87 bits per heavy atom. The van der Waals surface area contributed by atoms with Crippen molar-refractivity contribution >= 4 is 27.4 Å². The zero-order chi connectivity index (χ0) is 21.9. The summed E-state index contributed by atoms with van der Waals surface area (Å²) >= 11 is 0. The topological polar surface area (TPSA) is 111 Å². The Labute approximate surface area is 175 Å². The molecule has 2 aromatic carbocycles. The van der Waals surface area contributed by atoms with Gasteiger partial charge in [0, 0.05) is 24.9 Å². The van der Waals surface area contributed by atoms with E-state index in [4.69, 9.17) is 9.47 Å². The van der Waals surface area contributed by atoms with Crippen molar-refractivity contribution in [3.8, 4) is 5.75 Å². The molecule has 1 heterocycles. The summed E-state index contributed by atoms with van der Waals surface area (Å²) in [5, 5.41) is 2.70. The van der Waals surface area contributed by atoms with Crippen LogP contribution in [0, 0.1) is 0 Å².